The standard InChI is InChI=1S/C10H14N2O6S/c1-4(14)11-7(10(17)18)8-12-6(9(15)16)5(2-13)3-19-8/h7-8,12-13H,2-3H2,1H3,(H,11,14)(H,15,16)(H,17,18)/p-1/t7-,8+/m0/s1. The molecule has 1 heterocycles. The first-order chi connectivity index (χ1) is 8.86. The Morgan fingerprint density at radius 3 is 2.63 bits per heavy atom. The lowest BCUT2D eigenvalue weighted by molar-refractivity contribution is -0.300. The van der Waals surface area contributed by atoms with Gasteiger partial charge in [0.1, 0.15) is 5.37 Å². The number of carbonyl (C=O) groups is 3. The van der Waals surface area contributed by atoms with Gasteiger partial charge in [-0.15, -0.1) is 11.8 Å². The number of aliphatic hydroxyl groups is 1. The van der Waals surface area contributed by atoms with E-state index in [0.29, 0.717) is 0 Å². The highest BCUT2D eigenvalue weighted by molar-refractivity contribution is 8.00. The molecule has 106 valence electrons. The molecule has 1 aliphatic rings. The number of hydrogen-bond acceptors (Lipinski definition) is 7. The molecule has 0 aromatic carbocycles. The number of carbonyl (C=O) groups excluding carboxylic acids is 2. The molecule has 9 heteroatoms. The first-order valence-corrected chi connectivity index (χ1v) is 6.34. The van der Waals surface area contributed by atoms with Gasteiger partial charge in [0.15, 0.2) is 6.04 Å². The van der Waals surface area contributed by atoms with E-state index in [2.05, 4.69) is 10.6 Å². The van der Waals surface area contributed by atoms with Crippen LogP contribution in [0.5, 0.6) is 0 Å². The van der Waals surface area contributed by atoms with Crippen LogP contribution in [0, 0.1) is 0 Å². The van der Waals surface area contributed by atoms with Gasteiger partial charge in [-0.3, -0.25) is 4.79 Å². The number of carboxylic acids is 2. The second kappa shape index (κ2) is 6.43. The summed E-state index contributed by atoms with van der Waals surface area (Å²) >= 11 is 1.08. The lowest BCUT2D eigenvalue weighted by Gasteiger charge is -2.32. The highest BCUT2D eigenvalue weighted by atomic mass is 32.2. The van der Waals surface area contributed by atoms with E-state index < -0.39 is 35.9 Å². The second-order valence-corrected chi connectivity index (χ2v) is 4.95. The molecule has 1 amide bonds. The van der Waals surface area contributed by atoms with Crippen molar-refractivity contribution in [1.82, 2.24) is 10.6 Å². The fourth-order valence-corrected chi connectivity index (χ4v) is 2.74. The van der Waals surface area contributed by atoms with Gasteiger partial charge in [0.25, 0.3) is 0 Å². The first kappa shape index (κ1) is 15.3. The van der Waals surface area contributed by atoms with Crippen molar-refractivity contribution in [1.29, 1.82) is 0 Å². The van der Waals surface area contributed by atoms with Crippen molar-refractivity contribution >= 4 is 29.6 Å². The van der Waals surface area contributed by atoms with Gasteiger partial charge in [0.2, 0.25) is 5.91 Å². The van der Waals surface area contributed by atoms with Gasteiger partial charge in [-0.25, -0.2) is 4.79 Å². The number of amides is 1. The van der Waals surface area contributed by atoms with Crippen LogP contribution in [-0.2, 0) is 14.4 Å². The van der Waals surface area contributed by atoms with Gasteiger partial charge in [-0.05, 0) is 5.57 Å². The summed E-state index contributed by atoms with van der Waals surface area (Å²) in [6.07, 6.45) is 0. The maximum Gasteiger partial charge on any atom is 0.329 e. The molecule has 1 rings (SSSR count). The van der Waals surface area contributed by atoms with E-state index in [9.17, 15) is 19.5 Å². The predicted octanol–water partition coefficient (Wildman–Crippen LogP) is -2.77. The molecule has 0 aromatic rings. The quantitative estimate of drug-likeness (QED) is 0.427. The highest BCUT2D eigenvalue weighted by Gasteiger charge is 2.33. The Morgan fingerprint density at radius 1 is 1.58 bits per heavy atom. The van der Waals surface area contributed by atoms with Crippen LogP contribution in [0.1, 0.15) is 6.92 Å². The van der Waals surface area contributed by atoms with Crippen molar-refractivity contribution in [3.05, 3.63) is 11.3 Å². The summed E-state index contributed by atoms with van der Waals surface area (Å²) in [6.45, 7) is 0.700. The molecule has 8 nitrogen and oxygen atoms in total. The zero-order valence-corrected chi connectivity index (χ0v) is 10.8. The summed E-state index contributed by atoms with van der Waals surface area (Å²) in [5.74, 6) is -3.21. The zero-order valence-electron chi connectivity index (χ0n) is 10.0. The van der Waals surface area contributed by atoms with E-state index in [-0.39, 0.29) is 17.0 Å². The number of aliphatic carboxylic acids is 2. The number of aliphatic hydroxyl groups excluding tert-OH is 1. The number of carboxylic acid groups (broad SMARTS) is 2. The molecular formula is C10H13N2O6S-. The van der Waals surface area contributed by atoms with Gasteiger partial charge < -0.3 is 30.7 Å². The van der Waals surface area contributed by atoms with Gasteiger partial charge in [0.05, 0.1) is 18.3 Å². The number of nitrogens with one attached hydrogen (secondary N) is 2. The van der Waals surface area contributed by atoms with Crippen LogP contribution in [0.3, 0.4) is 0 Å². The third-order valence-electron chi connectivity index (χ3n) is 2.40. The molecule has 0 aromatic heterocycles. The Balaban J connectivity index is 2.92. The third kappa shape index (κ3) is 3.86. The summed E-state index contributed by atoms with van der Waals surface area (Å²) < 4.78 is 0. The normalized spacial score (nSPS) is 20.4. The first-order valence-electron chi connectivity index (χ1n) is 5.29. The van der Waals surface area contributed by atoms with Crippen LogP contribution in [0.2, 0.25) is 0 Å². The van der Waals surface area contributed by atoms with Crippen LogP contribution in [0.25, 0.3) is 0 Å². The summed E-state index contributed by atoms with van der Waals surface area (Å²) in [5, 5.41) is 32.8. The fourth-order valence-electron chi connectivity index (χ4n) is 1.54. The Labute approximate surface area is 112 Å². The lowest BCUT2D eigenvalue weighted by Crippen LogP contribution is -2.55. The monoisotopic (exact) mass is 289 g/mol. The van der Waals surface area contributed by atoms with E-state index in [1.54, 1.807) is 0 Å². The minimum atomic E-state index is -1.53. The maximum atomic E-state index is 11.1. The van der Waals surface area contributed by atoms with Crippen molar-refractivity contribution < 1.29 is 29.7 Å². The van der Waals surface area contributed by atoms with Crippen LogP contribution in [-0.4, -0.2) is 51.8 Å². The van der Waals surface area contributed by atoms with Crippen LogP contribution in [0.15, 0.2) is 11.3 Å². The Kier molecular flexibility index (Phi) is 5.19. The molecule has 0 unspecified atom stereocenters. The molecular weight excluding hydrogens is 276 g/mol. The average Bonchev–Trinajstić information content (AvgIpc) is 2.34. The molecule has 4 N–H and O–H groups in total. The average molecular weight is 289 g/mol. The minimum absolute atomic E-state index is 0.140. The van der Waals surface area contributed by atoms with Crippen LogP contribution >= 0.6 is 11.8 Å². The van der Waals surface area contributed by atoms with Crippen molar-refractivity contribution in [2.75, 3.05) is 12.4 Å². The van der Waals surface area contributed by atoms with Crippen LogP contribution in [0.4, 0.5) is 0 Å². The van der Waals surface area contributed by atoms with Gasteiger partial charge >= 0.3 is 5.97 Å². The Bertz CT molecular complexity index is 436. The smallest absolute Gasteiger partial charge is 0.329 e. The van der Waals surface area contributed by atoms with E-state index in [4.69, 9.17) is 10.2 Å². The van der Waals surface area contributed by atoms with Crippen molar-refractivity contribution in [2.24, 2.45) is 0 Å². The Morgan fingerprint density at radius 2 is 2.21 bits per heavy atom. The summed E-state index contributed by atoms with van der Waals surface area (Å²) in [6, 6.07) is -1.28. The van der Waals surface area contributed by atoms with E-state index in [0.717, 1.165) is 18.7 Å². The molecule has 0 radical (unpaired) electrons. The number of thioether (sulfide) groups is 1. The van der Waals surface area contributed by atoms with Gasteiger partial charge in [-0.1, -0.05) is 0 Å². The van der Waals surface area contributed by atoms with Crippen molar-refractivity contribution in [3.63, 3.8) is 0 Å². The highest BCUT2D eigenvalue weighted by Crippen LogP contribution is 2.24. The predicted molar refractivity (Wildman–Crippen MR) is 63.7 cm³/mol. The van der Waals surface area contributed by atoms with E-state index in [1.807, 2.05) is 0 Å². The molecule has 19 heavy (non-hydrogen) atoms. The maximum absolute atomic E-state index is 11.1. The molecule has 2 atom stereocenters. The topological polar surface area (TPSA) is 139 Å². The van der Waals surface area contributed by atoms with Gasteiger partial charge in [0, 0.05) is 12.7 Å². The second-order valence-electron chi connectivity index (χ2n) is 3.82. The SMILES string of the molecule is CC(=O)N[C@H](C(=O)O)[C@@H]1NC(C(=O)[O-])=C(CO)CS1. The lowest BCUT2D eigenvalue weighted by atomic mass is 10.2. The van der Waals surface area contributed by atoms with Crippen LogP contribution < -0.4 is 15.7 Å². The third-order valence-corrected chi connectivity index (χ3v) is 3.66. The number of rotatable bonds is 5. The zero-order chi connectivity index (χ0) is 14.6. The molecule has 1 aliphatic heterocycles. The van der Waals surface area contributed by atoms with Gasteiger partial charge in [-0.2, -0.15) is 0 Å². The molecule has 0 fully saturated rings. The fraction of sp³-hybridized carbons (Fsp3) is 0.500. The molecule has 0 spiro atoms. The summed E-state index contributed by atoms with van der Waals surface area (Å²) in [4.78, 5) is 32.9. The van der Waals surface area contributed by atoms with E-state index >= 15 is 0 Å². The summed E-state index contributed by atoms with van der Waals surface area (Å²) in [5.41, 5.74) is -0.115. The molecule has 0 saturated carbocycles. The molecule has 0 saturated heterocycles. The van der Waals surface area contributed by atoms with E-state index in [1.165, 1.54) is 0 Å². The number of hydrogen-bond donors (Lipinski definition) is 4. The largest absolute Gasteiger partial charge is 0.543 e. The summed E-state index contributed by atoms with van der Waals surface area (Å²) in [7, 11) is 0. The van der Waals surface area contributed by atoms with Crippen molar-refractivity contribution in [2.45, 2.75) is 18.3 Å². The Hall–Kier alpha value is -1.74. The molecule has 0 bridgehead atoms. The minimum Gasteiger partial charge on any atom is -0.543 e. The molecule has 0 aliphatic carbocycles. The van der Waals surface area contributed by atoms with Crippen molar-refractivity contribution in [3.8, 4) is 0 Å².